The predicted molar refractivity (Wildman–Crippen MR) is 199 cm³/mol. The lowest BCUT2D eigenvalue weighted by Crippen LogP contribution is -2.33. The monoisotopic (exact) mass is 702 g/mol. The number of carbonyl (C=O) groups is 1. The molecule has 11 heteroatoms. The van der Waals surface area contributed by atoms with E-state index >= 15 is 0 Å². The molecule has 11 nitrogen and oxygen atoms in total. The molecule has 3 aliphatic heterocycles. The number of H-pyrrole nitrogens is 1. The Bertz CT molecular complexity index is 2100. The van der Waals surface area contributed by atoms with Crippen LogP contribution >= 0.6 is 0 Å². The Morgan fingerprint density at radius 2 is 1.88 bits per heavy atom. The van der Waals surface area contributed by atoms with Crippen LogP contribution in [0.15, 0.2) is 65.5 Å². The molecule has 5 heterocycles. The molecular weight excluding hydrogens is 656 g/mol. The van der Waals surface area contributed by atoms with Crippen molar-refractivity contribution in [1.29, 1.82) is 0 Å². The van der Waals surface area contributed by atoms with Gasteiger partial charge in [-0.15, -0.1) is 0 Å². The Morgan fingerprint density at radius 1 is 1.02 bits per heavy atom. The van der Waals surface area contributed by atoms with Gasteiger partial charge in [-0.2, -0.15) is 0 Å². The SMILES string of the molecule is COc1cc(OC)cc(C2OC3=C(CCC(c4cnc(C5CCCN5)[nH]4)=C3)c3cc4cc(C5=NC(C6CCCC6CCC(=O)O)NC5)ccc4n32)c1. The summed E-state index contributed by atoms with van der Waals surface area (Å²) < 4.78 is 20.7. The molecule has 1 saturated carbocycles. The Hall–Kier alpha value is -4.87. The number of carboxylic acids is 1. The highest BCUT2D eigenvalue weighted by atomic mass is 16.5. The van der Waals surface area contributed by atoms with Gasteiger partial charge in [0.25, 0.3) is 0 Å². The zero-order valence-corrected chi connectivity index (χ0v) is 29.8. The van der Waals surface area contributed by atoms with Gasteiger partial charge in [-0.25, -0.2) is 4.98 Å². The second-order valence-corrected chi connectivity index (χ2v) is 14.8. The number of nitrogens with one attached hydrogen (secondary N) is 3. The van der Waals surface area contributed by atoms with Crippen LogP contribution in [0.25, 0.3) is 22.0 Å². The minimum atomic E-state index is -0.715. The van der Waals surface area contributed by atoms with Crippen LogP contribution < -0.4 is 20.1 Å². The van der Waals surface area contributed by atoms with Gasteiger partial charge in [-0.05, 0) is 104 Å². The number of imidazole rings is 1. The highest BCUT2D eigenvalue weighted by molar-refractivity contribution is 6.06. The van der Waals surface area contributed by atoms with Crippen LogP contribution in [0.2, 0.25) is 0 Å². The Labute approximate surface area is 303 Å². The van der Waals surface area contributed by atoms with Gasteiger partial charge >= 0.3 is 5.97 Å². The molecule has 4 aromatic rings. The molecule has 0 bridgehead atoms. The molecular formula is C41H46N6O5. The van der Waals surface area contributed by atoms with Gasteiger partial charge in [-0.3, -0.25) is 15.1 Å². The van der Waals surface area contributed by atoms with Crippen molar-refractivity contribution in [2.75, 3.05) is 27.3 Å². The van der Waals surface area contributed by atoms with E-state index in [1.165, 1.54) is 17.6 Å². The Balaban J connectivity index is 1.08. The average molecular weight is 703 g/mol. The number of benzene rings is 2. The lowest BCUT2D eigenvalue weighted by atomic mass is 9.89. The molecule has 2 aromatic carbocycles. The van der Waals surface area contributed by atoms with E-state index in [0.717, 1.165) is 102 Å². The molecule has 1 saturated heterocycles. The minimum Gasteiger partial charge on any atom is -0.497 e. The van der Waals surface area contributed by atoms with Gasteiger partial charge in [-0.1, -0.05) is 18.9 Å². The number of aliphatic imine (C=N–C) groups is 1. The van der Waals surface area contributed by atoms with Crippen molar-refractivity contribution >= 4 is 33.7 Å². The zero-order valence-electron chi connectivity index (χ0n) is 29.8. The molecule has 52 heavy (non-hydrogen) atoms. The number of aromatic nitrogens is 3. The number of hydrogen-bond donors (Lipinski definition) is 4. The Morgan fingerprint density at radius 3 is 2.67 bits per heavy atom. The molecule has 2 fully saturated rings. The maximum atomic E-state index is 11.3. The highest BCUT2D eigenvalue weighted by Crippen LogP contribution is 2.47. The van der Waals surface area contributed by atoms with Crippen molar-refractivity contribution in [3.8, 4) is 11.5 Å². The number of carboxylic acid groups (broad SMARTS) is 1. The van der Waals surface area contributed by atoms with Crippen molar-refractivity contribution < 1.29 is 24.1 Å². The van der Waals surface area contributed by atoms with E-state index in [1.807, 2.05) is 24.4 Å². The first-order valence-electron chi connectivity index (χ1n) is 18.8. The van der Waals surface area contributed by atoms with Gasteiger partial charge in [0.2, 0.25) is 6.23 Å². The summed E-state index contributed by atoms with van der Waals surface area (Å²) in [7, 11) is 3.34. The number of rotatable bonds is 10. The molecule has 0 spiro atoms. The van der Waals surface area contributed by atoms with E-state index in [0.29, 0.717) is 29.9 Å². The third kappa shape index (κ3) is 5.99. The first-order valence-corrected chi connectivity index (χ1v) is 18.8. The summed E-state index contributed by atoms with van der Waals surface area (Å²) in [4.78, 5) is 24.8. The van der Waals surface area contributed by atoms with Crippen LogP contribution in [0.5, 0.6) is 11.5 Å². The smallest absolute Gasteiger partial charge is 0.303 e. The number of allylic oxidation sites excluding steroid dienone is 3. The molecule has 9 rings (SSSR count). The summed E-state index contributed by atoms with van der Waals surface area (Å²) in [6.07, 6.45) is 12.0. The lowest BCUT2D eigenvalue weighted by Gasteiger charge is -2.33. The third-order valence-corrected chi connectivity index (χ3v) is 11.8. The number of hydrogen-bond acceptors (Lipinski definition) is 8. The molecule has 5 unspecified atom stereocenters. The first kappa shape index (κ1) is 33.0. The molecule has 2 aliphatic carbocycles. The number of fused-ring (bicyclic) bond motifs is 4. The third-order valence-electron chi connectivity index (χ3n) is 11.8. The van der Waals surface area contributed by atoms with E-state index in [4.69, 9.17) is 24.2 Å². The summed E-state index contributed by atoms with van der Waals surface area (Å²) >= 11 is 0. The zero-order chi connectivity index (χ0) is 35.3. The van der Waals surface area contributed by atoms with Crippen molar-refractivity contribution in [2.45, 2.75) is 76.2 Å². The number of aliphatic carboxylic acids is 1. The topological polar surface area (TPSA) is 135 Å². The lowest BCUT2D eigenvalue weighted by molar-refractivity contribution is -0.137. The average Bonchev–Trinajstić information content (AvgIpc) is 4.02. The van der Waals surface area contributed by atoms with Crippen LogP contribution in [0.4, 0.5) is 0 Å². The fourth-order valence-electron chi connectivity index (χ4n) is 9.16. The van der Waals surface area contributed by atoms with Crippen LogP contribution in [0.3, 0.4) is 0 Å². The van der Waals surface area contributed by atoms with Crippen molar-refractivity contribution in [2.24, 2.45) is 16.8 Å². The van der Waals surface area contributed by atoms with E-state index < -0.39 is 12.2 Å². The first-order chi connectivity index (χ1) is 25.4. The van der Waals surface area contributed by atoms with Gasteiger partial charge in [0.15, 0.2) is 0 Å². The molecule has 0 amide bonds. The summed E-state index contributed by atoms with van der Waals surface area (Å²) in [5.41, 5.74) is 8.76. The summed E-state index contributed by atoms with van der Waals surface area (Å²) in [5.74, 6) is 3.35. The number of nitrogens with zero attached hydrogens (tertiary/aromatic N) is 3. The van der Waals surface area contributed by atoms with E-state index in [2.05, 4.69) is 50.5 Å². The van der Waals surface area contributed by atoms with Crippen LogP contribution in [-0.2, 0) is 9.53 Å². The minimum absolute atomic E-state index is 0.0337. The molecule has 5 atom stereocenters. The highest BCUT2D eigenvalue weighted by Gasteiger charge is 2.37. The van der Waals surface area contributed by atoms with E-state index in [-0.39, 0.29) is 18.6 Å². The van der Waals surface area contributed by atoms with Crippen molar-refractivity contribution in [3.63, 3.8) is 0 Å². The quantitative estimate of drug-likeness (QED) is 0.139. The fourth-order valence-corrected chi connectivity index (χ4v) is 9.16. The second-order valence-electron chi connectivity index (χ2n) is 14.8. The van der Waals surface area contributed by atoms with E-state index in [9.17, 15) is 9.90 Å². The Kier molecular flexibility index (Phi) is 8.63. The number of methoxy groups -OCH3 is 2. The van der Waals surface area contributed by atoms with Gasteiger partial charge in [0.05, 0.1) is 49.1 Å². The number of ether oxygens (including phenoxy) is 3. The van der Waals surface area contributed by atoms with Crippen LogP contribution in [-0.4, -0.2) is 64.8 Å². The summed E-state index contributed by atoms with van der Waals surface area (Å²) in [6.45, 7) is 1.73. The van der Waals surface area contributed by atoms with Gasteiger partial charge < -0.3 is 34.2 Å². The maximum absolute atomic E-state index is 11.3. The van der Waals surface area contributed by atoms with Crippen LogP contribution in [0, 0.1) is 11.8 Å². The van der Waals surface area contributed by atoms with Gasteiger partial charge in [0.1, 0.15) is 29.2 Å². The number of aromatic amines is 1. The fraction of sp³-hybridized carbons (Fsp3) is 0.439. The predicted octanol–water partition coefficient (Wildman–Crippen LogP) is 6.97. The summed E-state index contributed by atoms with van der Waals surface area (Å²) in [6, 6.07) is 15.2. The van der Waals surface area contributed by atoms with Crippen LogP contribution in [0.1, 0.15) is 98.4 Å². The molecule has 4 N–H and O–H groups in total. The largest absolute Gasteiger partial charge is 0.497 e. The molecule has 5 aliphatic rings. The molecule has 2 aromatic heterocycles. The maximum Gasteiger partial charge on any atom is 0.303 e. The van der Waals surface area contributed by atoms with Gasteiger partial charge in [0, 0.05) is 35.6 Å². The molecule has 270 valence electrons. The standard InChI is InChI=1S/C41H46N6O5/c1-50-28-16-27(17-29(20-28)51-2)41-47-35-12-9-24(33-21-43-39(45-33)30-6-3-5-23(30)10-13-38(48)49)15-26(35)18-36(47)31-11-8-25(19-37(31)52-41)34-22-44-40(46-34)32-7-4-14-42-32/h9,12,15-20,22-23,30,32,39,41-43H,3-8,10-11,13-14,21H2,1-2H3,(H,44,46)(H,48,49). The molecule has 0 radical (unpaired) electrons. The second kappa shape index (κ2) is 13.6. The van der Waals surface area contributed by atoms with E-state index in [1.54, 1.807) is 14.2 Å². The summed E-state index contributed by atoms with van der Waals surface area (Å²) in [5, 5.41) is 17.6. The van der Waals surface area contributed by atoms with Crippen molar-refractivity contribution in [3.05, 3.63) is 88.8 Å². The normalized spacial score (nSPS) is 25.5. The van der Waals surface area contributed by atoms with Crippen molar-refractivity contribution in [1.82, 2.24) is 25.2 Å².